The molecule has 0 aliphatic carbocycles. The molecule has 33 heavy (non-hydrogen) atoms. The van der Waals surface area contributed by atoms with Gasteiger partial charge in [0.25, 0.3) is 0 Å². The molecule has 1 fully saturated rings. The summed E-state index contributed by atoms with van der Waals surface area (Å²) in [6, 6.07) is 19.1. The summed E-state index contributed by atoms with van der Waals surface area (Å²) in [5.41, 5.74) is 7.24. The molecule has 1 aliphatic heterocycles. The van der Waals surface area contributed by atoms with Crippen LogP contribution in [0.15, 0.2) is 65.1 Å². The molecule has 0 amide bonds. The van der Waals surface area contributed by atoms with Crippen LogP contribution in [0.2, 0.25) is 0 Å². The van der Waals surface area contributed by atoms with E-state index in [1.807, 2.05) is 5.38 Å². The van der Waals surface area contributed by atoms with Crippen LogP contribution in [-0.4, -0.2) is 54.9 Å². The van der Waals surface area contributed by atoms with Crippen LogP contribution in [0.5, 0.6) is 0 Å². The lowest BCUT2D eigenvalue weighted by Gasteiger charge is -2.36. The van der Waals surface area contributed by atoms with Crippen molar-refractivity contribution in [2.45, 2.75) is 19.9 Å². The van der Waals surface area contributed by atoms with E-state index in [1.165, 1.54) is 22.6 Å². The zero-order valence-electron chi connectivity index (χ0n) is 18.8. The second kappa shape index (κ2) is 11.6. The van der Waals surface area contributed by atoms with E-state index in [2.05, 4.69) is 79.9 Å². The van der Waals surface area contributed by atoms with Gasteiger partial charge in [-0.15, -0.1) is 11.3 Å². The minimum atomic E-state index is -0.268. The smallest absolute Gasteiger partial charge is 0.311 e. The summed E-state index contributed by atoms with van der Waals surface area (Å²) in [5.74, 6) is -0.268. The quantitative estimate of drug-likeness (QED) is 0.294. The summed E-state index contributed by atoms with van der Waals surface area (Å²) >= 11 is 1.41. The molecule has 1 aromatic heterocycles. The molecule has 4 rings (SSSR count). The summed E-state index contributed by atoms with van der Waals surface area (Å²) in [5, 5.41) is 6.75. The second-order valence-corrected chi connectivity index (χ2v) is 8.69. The van der Waals surface area contributed by atoms with Crippen molar-refractivity contribution in [1.29, 1.82) is 0 Å². The predicted octanol–water partition coefficient (Wildman–Crippen LogP) is 4.02. The highest BCUT2D eigenvalue weighted by Gasteiger charge is 2.17. The maximum absolute atomic E-state index is 11.5. The van der Waals surface area contributed by atoms with Crippen LogP contribution < -0.4 is 10.3 Å². The van der Waals surface area contributed by atoms with Crippen molar-refractivity contribution in [3.8, 4) is 0 Å². The van der Waals surface area contributed by atoms with Crippen LogP contribution in [0.4, 0.5) is 10.8 Å². The number of thiazole rings is 1. The minimum Gasteiger partial charge on any atom is -0.466 e. The SMILES string of the molecule is CCOC(=O)Cc1csc(NN=Cc2ccc(N3CCN(Cc4ccccc4)CC3)cc2)n1. The highest BCUT2D eigenvalue weighted by molar-refractivity contribution is 7.13. The molecule has 0 spiro atoms. The third kappa shape index (κ3) is 6.87. The lowest BCUT2D eigenvalue weighted by molar-refractivity contribution is -0.142. The number of piperazine rings is 1. The van der Waals surface area contributed by atoms with E-state index >= 15 is 0 Å². The first kappa shape index (κ1) is 22.9. The van der Waals surface area contributed by atoms with Gasteiger partial charge in [-0.2, -0.15) is 5.10 Å². The van der Waals surface area contributed by atoms with Crippen molar-refractivity contribution in [3.63, 3.8) is 0 Å². The van der Waals surface area contributed by atoms with E-state index < -0.39 is 0 Å². The number of anilines is 2. The van der Waals surface area contributed by atoms with Gasteiger partial charge < -0.3 is 9.64 Å². The summed E-state index contributed by atoms with van der Waals surface area (Å²) in [6.45, 7) is 7.37. The van der Waals surface area contributed by atoms with Crippen molar-refractivity contribution >= 4 is 34.3 Å². The Kier molecular flexibility index (Phi) is 8.05. The minimum absolute atomic E-state index is 0.178. The molecule has 2 heterocycles. The summed E-state index contributed by atoms with van der Waals surface area (Å²) in [6.07, 6.45) is 1.95. The largest absolute Gasteiger partial charge is 0.466 e. The third-order valence-corrected chi connectivity index (χ3v) is 6.23. The average molecular weight is 464 g/mol. The Labute approximate surface area is 198 Å². The maximum Gasteiger partial charge on any atom is 0.311 e. The third-order valence-electron chi connectivity index (χ3n) is 5.44. The molecule has 8 heteroatoms. The topological polar surface area (TPSA) is 70.1 Å². The van der Waals surface area contributed by atoms with Gasteiger partial charge in [-0.1, -0.05) is 42.5 Å². The molecule has 7 nitrogen and oxygen atoms in total. The maximum atomic E-state index is 11.5. The fraction of sp³-hybridized carbons (Fsp3) is 0.320. The van der Waals surface area contributed by atoms with Crippen LogP contribution in [0.3, 0.4) is 0 Å². The number of rotatable bonds is 9. The zero-order chi connectivity index (χ0) is 22.9. The number of carbonyl (C=O) groups is 1. The Morgan fingerprint density at radius 3 is 2.61 bits per heavy atom. The first-order chi connectivity index (χ1) is 16.2. The molecule has 172 valence electrons. The van der Waals surface area contributed by atoms with Crippen molar-refractivity contribution in [2.24, 2.45) is 5.10 Å². The lowest BCUT2D eigenvalue weighted by Crippen LogP contribution is -2.45. The number of nitrogens with zero attached hydrogens (tertiary/aromatic N) is 4. The van der Waals surface area contributed by atoms with Gasteiger partial charge in [0, 0.05) is 43.8 Å². The normalized spacial score (nSPS) is 14.5. The van der Waals surface area contributed by atoms with E-state index in [4.69, 9.17) is 4.74 Å². The number of esters is 1. The molecule has 2 aromatic carbocycles. The van der Waals surface area contributed by atoms with Crippen LogP contribution >= 0.6 is 11.3 Å². The van der Waals surface area contributed by atoms with Crippen molar-refractivity contribution in [3.05, 3.63) is 76.8 Å². The van der Waals surface area contributed by atoms with Gasteiger partial charge >= 0.3 is 5.97 Å². The van der Waals surface area contributed by atoms with Crippen molar-refractivity contribution in [2.75, 3.05) is 43.1 Å². The van der Waals surface area contributed by atoms with E-state index in [9.17, 15) is 4.79 Å². The first-order valence-corrected chi connectivity index (χ1v) is 12.1. The molecule has 3 aromatic rings. The zero-order valence-corrected chi connectivity index (χ0v) is 19.6. The summed E-state index contributed by atoms with van der Waals surface area (Å²) in [4.78, 5) is 20.8. The van der Waals surface area contributed by atoms with Crippen LogP contribution in [0.25, 0.3) is 0 Å². The lowest BCUT2D eigenvalue weighted by atomic mass is 10.1. The number of hydrogen-bond acceptors (Lipinski definition) is 8. The van der Waals surface area contributed by atoms with Gasteiger partial charge in [0.2, 0.25) is 5.13 Å². The molecule has 1 N–H and O–H groups in total. The Balaban J connectivity index is 1.23. The Morgan fingerprint density at radius 1 is 1.12 bits per heavy atom. The van der Waals surface area contributed by atoms with Crippen LogP contribution in [-0.2, 0) is 22.5 Å². The van der Waals surface area contributed by atoms with Gasteiger partial charge in [-0.05, 0) is 30.2 Å². The monoisotopic (exact) mass is 463 g/mol. The standard InChI is InChI=1S/C25H29N5O2S/c1-2-32-24(31)16-22-19-33-25(27-22)28-26-17-20-8-10-23(11-9-20)30-14-12-29(13-15-30)18-21-6-4-3-5-7-21/h3-11,17,19H,2,12-16,18H2,1H3,(H,27,28). The van der Waals surface area contributed by atoms with Crippen LogP contribution in [0.1, 0.15) is 23.7 Å². The molecule has 0 bridgehead atoms. The summed E-state index contributed by atoms with van der Waals surface area (Å²) < 4.78 is 4.95. The fourth-order valence-electron chi connectivity index (χ4n) is 3.74. The van der Waals surface area contributed by atoms with Crippen molar-refractivity contribution in [1.82, 2.24) is 9.88 Å². The predicted molar refractivity (Wildman–Crippen MR) is 134 cm³/mol. The number of benzene rings is 2. The van der Waals surface area contributed by atoms with Crippen LogP contribution in [0, 0.1) is 0 Å². The molecule has 0 radical (unpaired) electrons. The molecule has 0 unspecified atom stereocenters. The molecular formula is C25H29N5O2S. The van der Waals surface area contributed by atoms with Gasteiger partial charge in [-0.25, -0.2) is 4.98 Å². The molecule has 1 aliphatic rings. The summed E-state index contributed by atoms with van der Waals surface area (Å²) in [7, 11) is 0. The van der Waals surface area contributed by atoms with Gasteiger partial charge in [0.15, 0.2) is 0 Å². The molecule has 0 atom stereocenters. The van der Waals surface area contributed by atoms with Gasteiger partial charge in [0.1, 0.15) is 0 Å². The van der Waals surface area contributed by atoms with E-state index in [-0.39, 0.29) is 12.4 Å². The van der Waals surface area contributed by atoms with E-state index in [0.717, 1.165) is 38.3 Å². The fourth-order valence-corrected chi connectivity index (χ4v) is 4.40. The number of hydrazone groups is 1. The highest BCUT2D eigenvalue weighted by Crippen LogP contribution is 2.19. The van der Waals surface area contributed by atoms with Gasteiger partial charge in [0.05, 0.1) is 24.9 Å². The van der Waals surface area contributed by atoms with Crippen molar-refractivity contribution < 1.29 is 9.53 Å². The molecule has 0 saturated carbocycles. The molecule has 1 saturated heterocycles. The second-order valence-electron chi connectivity index (χ2n) is 7.84. The van der Waals surface area contributed by atoms with E-state index in [0.29, 0.717) is 17.4 Å². The Hall–Kier alpha value is -3.23. The number of aromatic nitrogens is 1. The number of ether oxygens (including phenoxy) is 1. The average Bonchev–Trinajstić information content (AvgIpc) is 3.28. The Bertz CT molecular complexity index is 1040. The van der Waals surface area contributed by atoms with Gasteiger partial charge in [-0.3, -0.25) is 15.1 Å². The number of nitrogens with one attached hydrogen (secondary N) is 1. The molecular weight excluding hydrogens is 434 g/mol. The first-order valence-electron chi connectivity index (χ1n) is 11.2. The number of hydrogen-bond donors (Lipinski definition) is 1. The Morgan fingerprint density at radius 2 is 1.88 bits per heavy atom. The highest BCUT2D eigenvalue weighted by atomic mass is 32.1. The van der Waals surface area contributed by atoms with E-state index in [1.54, 1.807) is 13.1 Å². The number of carbonyl (C=O) groups excluding carboxylic acids is 1.